The molecular formula is C35H35FN4O3. The van der Waals surface area contributed by atoms with Crippen LogP contribution >= 0.6 is 0 Å². The Morgan fingerprint density at radius 1 is 0.744 bits per heavy atom. The highest BCUT2D eigenvalue weighted by Gasteiger charge is 2.31. The van der Waals surface area contributed by atoms with Crippen molar-refractivity contribution in [3.63, 3.8) is 0 Å². The predicted octanol–water partition coefficient (Wildman–Crippen LogP) is 5.25. The van der Waals surface area contributed by atoms with Crippen LogP contribution in [0.25, 0.3) is 22.5 Å². The average Bonchev–Trinajstić information content (AvgIpc) is 3.07. The van der Waals surface area contributed by atoms with E-state index in [2.05, 4.69) is 4.90 Å². The second-order valence-electron chi connectivity index (χ2n) is 11.3. The van der Waals surface area contributed by atoms with Crippen molar-refractivity contribution in [2.75, 3.05) is 39.3 Å². The summed E-state index contributed by atoms with van der Waals surface area (Å²) in [7, 11) is 0. The van der Waals surface area contributed by atoms with Crippen molar-refractivity contribution in [2.45, 2.75) is 25.3 Å². The largest absolute Gasteiger partial charge is 0.505 e. The number of carbonyl (C=O) groups is 2. The van der Waals surface area contributed by atoms with Gasteiger partial charge < -0.3 is 14.9 Å². The molecular weight excluding hydrogens is 543 g/mol. The quantitative estimate of drug-likeness (QED) is 0.338. The fourth-order valence-corrected chi connectivity index (χ4v) is 6.07. The molecule has 2 saturated heterocycles. The van der Waals surface area contributed by atoms with E-state index in [1.807, 2.05) is 82.6 Å². The molecule has 220 valence electrons. The van der Waals surface area contributed by atoms with Crippen molar-refractivity contribution in [1.82, 2.24) is 19.7 Å². The minimum Gasteiger partial charge on any atom is -0.505 e. The first kappa shape index (κ1) is 28.6. The minimum absolute atomic E-state index is 0.0162. The highest BCUT2D eigenvalue weighted by molar-refractivity contribution is 5.96. The smallest absolute Gasteiger partial charge is 0.254 e. The Hall–Kier alpha value is -4.56. The van der Waals surface area contributed by atoms with Gasteiger partial charge in [0.05, 0.1) is 17.8 Å². The van der Waals surface area contributed by atoms with Gasteiger partial charge >= 0.3 is 0 Å². The number of amides is 2. The fourth-order valence-electron chi connectivity index (χ4n) is 6.07. The Kier molecular flexibility index (Phi) is 8.47. The van der Waals surface area contributed by atoms with Crippen LogP contribution in [0.5, 0.6) is 5.75 Å². The van der Waals surface area contributed by atoms with Crippen LogP contribution in [0, 0.1) is 5.82 Å². The second kappa shape index (κ2) is 12.8. The first-order valence-corrected chi connectivity index (χ1v) is 14.9. The van der Waals surface area contributed by atoms with Gasteiger partial charge in [0.15, 0.2) is 11.6 Å². The third kappa shape index (κ3) is 6.60. The summed E-state index contributed by atoms with van der Waals surface area (Å²) in [6.07, 6.45) is 1.86. The third-order valence-corrected chi connectivity index (χ3v) is 8.51. The van der Waals surface area contributed by atoms with Gasteiger partial charge in [-0.15, -0.1) is 0 Å². The zero-order valence-electron chi connectivity index (χ0n) is 24.0. The molecule has 0 radical (unpaired) electrons. The number of carbonyl (C=O) groups excluding carboxylic acids is 2. The lowest BCUT2D eigenvalue weighted by Gasteiger charge is -2.42. The van der Waals surface area contributed by atoms with E-state index < -0.39 is 11.6 Å². The normalized spacial score (nSPS) is 16.3. The molecule has 3 aromatic carbocycles. The van der Waals surface area contributed by atoms with Gasteiger partial charge in [0.25, 0.3) is 5.91 Å². The molecule has 7 nitrogen and oxygen atoms in total. The van der Waals surface area contributed by atoms with E-state index >= 15 is 0 Å². The summed E-state index contributed by atoms with van der Waals surface area (Å²) in [5.74, 6) is -1.13. The molecule has 6 rings (SSSR count). The van der Waals surface area contributed by atoms with Crippen molar-refractivity contribution >= 4 is 11.8 Å². The Morgan fingerprint density at radius 2 is 1.33 bits per heavy atom. The summed E-state index contributed by atoms with van der Waals surface area (Å²) in [5.41, 5.74) is 4.70. The molecule has 4 aromatic rings. The topological polar surface area (TPSA) is 77.0 Å². The summed E-state index contributed by atoms with van der Waals surface area (Å²) in [6.45, 7) is 4.19. The van der Waals surface area contributed by atoms with E-state index in [0.717, 1.165) is 48.4 Å². The summed E-state index contributed by atoms with van der Waals surface area (Å²) in [5, 5.41) is 9.39. The van der Waals surface area contributed by atoms with Crippen molar-refractivity contribution < 1.29 is 19.1 Å². The van der Waals surface area contributed by atoms with Gasteiger partial charge in [-0.25, -0.2) is 9.37 Å². The molecule has 2 amide bonds. The zero-order chi connectivity index (χ0) is 29.8. The maximum atomic E-state index is 13.8. The molecule has 0 unspecified atom stereocenters. The van der Waals surface area contributed by atoms with E-state index in [-0.39, 0.29) is 18.2 Å². The molecule has 0 aliphatic carbocycles. The molecule has 8 heteroatoms. The van der Waals surface area contributed by atoms with Crippen LogP contribution < -0.4 is 0 Å². The maximum absolute atomic E-state index is 13.8. The molecule has 2 aliphatic rings. The number of aromatic hydroxyl groups is 1. The number of piperazine rings is 1. The van der Waals surface area contributed by atoms with Crippen LogP contribution in [-0.2, 0) is 11.2 Å². The number of piperidine rings is 1. The monoisotopic (exact) mass is 578 g/mol. The summed E-state index contributed by atoms with van der Waals surface area (Å²) < 4.78 is 13.7. The molecule has 0 saturated carbocycles. The first-order chi connectivity index (χ1) is 20.9. The summed E-state index contributed by atoms with van der Waals surface area (Å²) in [4.78, 5) is 37.7. The van der Waals surface area contributed by atoms with Crippen LogP contribution in [0.3, 0.4) is 0 Å². The van der Waals surface area contributed by atoms with Gasteiger partial charge in [-0.05, 0) is 42.7 Å². The highest BCUT2D eigenvalue weighted by Crippen LogP contribution is 2.27. The lowest BCUT2D eigenvalue weighted by Crippen LogP contribution is -2.54. The number of rotatable bonds is 6. The number of hydrogen-bond donors (Lipinski definition) is 1. The number of likely N-dealkylation sites (tertiary alicyclic amines) is 1. The molecule has 1 N–H and O–H groups in total. The number of hydrogen-bond acceptors (Lipinski definition) is 5. The van der Waals surface area contributed by atoms with Crippen LogP contribution in [0.2, 0.25) is 0 Å². The van der Waals surface area contributed by atoms with Crippen molar-refractivity contribution in [1.29, 1.82) is 0 Å². The van der Waals surface area contributed by atoms with Gasteiger partial charge in [-0.2, -0.15) is 0 Å². The molecule has 0 atom stereocenters. The van der Waals surface area contributed by atoms with Gasteiger partial charge in [0.1, 0.15) is 0 Å². The van der Waals surface area contributed by atoms with Crippen LogP contribution in [-0.4, -0.2) is 81.9 Å². The second-order valence-corrected chi connectivity index (χ2v) is 11.3. The number of phenols is 1. The molecule has 2 fully saturated rings. The van der Waals surface area contributed by atoms with Gasteiger partial charge in [-0.1, -0.05) is 66.7 Å². The molecule has 0 spiro atoms. The van der Waals surface area contributed by atoms with Crippen molar-refractivity contribution in [2.24, 2.45) is 0 Å². The first-order valence-electron chi connectivity index (χ1n) is 14.9. The number of benzene rings is 3. The fraction of sp³-hybridized carbons (Fsp3) is 0.286. The number of aromatic nitrogens is 1. The summed E-state index contributed by atoms with van der Waals surface area (Å²) in [6, 6.07) is 28.1. The molecule has 1 aromatic heterocycles. The van der Waals surface area contributed by atoms with E-state index in [0.29, 0.717) is 43.3 Å². The predicted molar refractivity (Wildman–Crippen MR) is 164 cm³/mol. The van der Waals surface area contributed by atoms with Crippen molar-refractivity contribution in [3.8, 4) is 28.3 Å². The average molecular weight is 579 g/mol. The van der Waals surface area contributed by atoms with Crippen molar-refractivity contribution in [3.05, 3.63) is 108 Å². The Bertz CT molecular complexity index is 1520. The number of pyridine rings is 1. The number of nitrogens with zero attached hydrogens (tertiary/aromatic N) is 4. The van der Waals surface area contributed by atoms with E-state index in [1.54, 1.807) is 6.07 Å². The van der Waals surface area contributed by atoms with Crippen LogP contribution in [0.15, 0.2) is 91.0 Å². The summed E-state index contributed by atoms with van der Waals surface area (Å²) >= 11 is 0. The van der Waals surface area contributed by atoms with Gasteiger partial charge in [0.2, 0.25) is 5.91 Å². The molecule has 0 bridgehead atoms. The van der Waals surface area contributed by atoms with Crippen LogP contribution in [0.4, 0.5) is 4.39 Å². The lowest BCUT2D eigenvalue weighted by molar-refractivity contribution is -0.132. The Labute approximate surface area is 251 Å². The SMILES string of the molecule is O=C(Cc1ccc(O)c(F)c1)N1CCC(N2CCN(C(=O)c3cc(-c4ccccc4)nc(-c4ccccc4)c3)CC2)CC1. The minimum atomic E-state index is -0.709. The van der Waals surface area contributed by atoms with E-state index in [4.69, 9.17) is 4.98 Å². The maximum Gasteiger partial charge on any atom is 0.254 e. The third-order valence-electron chi connectivity index (χ3n) is 8.51. The van der Waals surface area contributed by atoms with Gasteiger partial charge in [0, 0.05) is 62.0 Å². The van der Waals surface area contributed by atoms with E-state index in [9.17, 15) is 19.1 Å². The Morgan fingerprint density at radius 3 is 1.88 bits per heavy atom. The Balaban J connectivity index is 1.07. The van der Waals surface area contributed by atoms with Gasteiger partial charge in [-0.3, -0.25) is 14.5 Å². The highest BCUT2D eigenvalue weighted by atomic mass is 19.1. The number of phenolic OH excluding ortho intramolecular Hbond substituents is 1. The molecule has 2 aliphatic heterocycles. The lowest BCUT2D eigenvalue weighted by atomic mass is 10.0. The standard InChI is InChI=1S/C35H35FN4O3/c36-30-21-25(11-12-33(30)41)22-34(42)39-15-13-29(14-16-39)38-17-19-40(20-18-38)35(43)28-23-31(26-7-3-1-4-8-26)37-32(24-28)27-9-5-2-6-10-27/h1-12,21,23-24,29,41H,13-20,22H2. The molecule has 43 heavy (non-hydrogen) atoms. The van der Waals surface area contributed by atoms with E-state index in [1.165, 1.54) is 12.1 Å². The molecule has 3 heterocycles. The zero-order valence-corrected chi connectivity index (χ0v) is 24.0. The van der Waals surface area contributed by atoms with Crippen LogP contribution in [0.1, 0.15) is 28.8 Å². The number of halogens is 1.